The quantitative estimate of drug-likeness (QED) is 0.644. The van der Waals surface area contributed by atoms with Crippen molar-refractivity contribution in [1.82, 2.24) is 9.55 Å². The maximum absolute atomic E-state index is 11.8. The Labute approximate surface area is 120 Å². The summed E-state index contributed by atoms with van der Waals surface area (Å²) in [4.78, 5) is 25.2. The highest BCUT2D eigenvalue weighted by molar-refractivity contribution is 7.86. The summed E-state index contributed by atoms with van der Waals surface area (Å²) in [6.45, 7) is 1.07. The first kappa shape index (κ1) is 15.9. The molecule has 0 radical (unpaired) electrons. The molecule has 1 aromatic heterocycles. The third-order valence-electron chi connectivity index (χ3n) is 3.11. The highest BCUT2D eigenvalue weighted by Crippen LogP contribution is 2.30. The average molecular weight is 320 g/mol. The van der Waals surface area contributed by atoms with Crippen LogP contribution in [0.15, 0.2) is 15.8 Å². The number of rotatable bonds is 4. The predicted molar refractivity (Wildman–Crippen MR) is 71.4 cm³/mol. The second-order valence-corrected chi connectivity index (χ2v) is 6.47. The van der Waals surface area contributed by atoms with Crippen LogP contribution in [0, 0.1) is 6.92 Å². The zero-order valence-corrected chi connectivity index (χ0v) is 12.3. The molecule has 0 spiro atoms. The van der Waals surface area contributed by atoms with Gasteiger partial charge in [0.05, 0.1) is 12.9 Å². The molecule has 0 saturated carbocycles. The number of aryl methyl sites for hydroxylation is 1. The number of ether oxygens (including phenoxy) is 1. The van der Waals surface area contributed by atoms with Gasteiger partial charge in [-0.15, -0.1) is 0 Å². The van der Waals surface area contributed by atoms with Crippen molar-refractivity contribution >= 4 is 10.1 Å². The van der Waals surface area contributed by atoms with E-state index in [0.29, 0.717) is 5.56 Å². The minimum absolute atomic E-state index is 0.0592. The molecule has 0 aromatic carbocycles. The summed E-state index contributed by atoms with van der Waals surface area (Å²) in [7, 11) is -3.72. The van der Waals surface area contributed by atoms with Gasteiger partial charge in [0.15, 0.2) is 0 Å². The van der Waals surface area contributed by atoms with Gasteiger partial charge in [-0.1, -0.05) is 0 Å². The first-order chi connectivity index (χ1) is 9.71. The highest BCUT2D eigenvalue weighted by Gasteiger charge is 2.39. The number of aromatic amines is 1. The SMILES string of the molecule is Cc1cn([C@H]2C[C@@H](OS(C)(=O)=O)[C@@H](CO)O2)c(=O)[nH]c1=O. The van der Waals surface area contributed by atoms with Crippen LogP contribution in [0.2, 0.25) is 0 Å². The molecule has 2 rings (SSSR count). The Balaban J connectivity index is 2.29. The minimum Gasteiger partial charge on any atom is -0.394 e. The predicted octanol–water partition coefficient (Wildman–Crippen LogP) is -1.53. The van der Waals surface area contributed by atoms with Gasteiger partial charge in [-0.25, -0.2) is 4.79 Å². The molecule has 2 heterocycles. The molecule has 10 heteroatoms. The maximum atomic E-state index is 11.8. The summed E-state index contributed by atoms with van der Waals surface area (Å²) >= 11 is 0. The van der Waals surface area contributed by atoms with E-state index in [0.717, 1.165) is 10.8 Å². The van der Waals surface area contributed by atoms with Gasteiger partial charge in [-0.2, -0.15) is 8.42 Å². The topological polar surface area (TPSA) is 128 Å². The lowest BCUT2D eigenvalue weighted by Gasteiger charge is -2.15. The van der Waals surface area contributed by atoms with Crippen molar-refractivity contribution < 1.29 is 22.4 Å². The number of aromatic nitrogens is 2. The van der Waals surface area contributed by atoms with Crippen molar-refractivity contribution in [3.8, 4) is 0 Å². The molecule has 0 amide bonds. The number of hydrogen-bond donors (Lipinski definition) is 2. The Bertz CT molecular complexity index is 736. The van der Waals surface area contributed by atoms with Crippen LogP contribution in [0.5, 0.6) is 0 Å². The smallest absolute Gasteiger partial charge is 0.330 e. The molecule has 0 aliphatic carbocycles. The van der Waals surface area contributed by atoms with E-state index in [-0.39, 0.29) is 6.42 Å². The average Bonchev–Trinajstić information content (AvgIpc) is 2.74. The van der Waals surface area contributed by atoms with Crippen LogP contribution < -0.4 is 11.2 Å². The fourth-order valence-electron chi connectivity index (χ4n) is 2.16. The van der Waals surface area contributed by atoms with Crippen molar-refractivity contribution in [3.05, 3.63) is 32.6 Å². The highest BCUT2D eigenvalue weighted by atomic mass is 32.2. The van der Waals surface area contributed by atoms with Gasteiger partial charge in [-0.05, 0) is 6.92 Å². The van der Waals surface area contributed by atoms with Gasteiger partial charge < -0.3 is 9.84 Å². The fourth-order valence-corrected chi connectivity index (χ4v) is 2.81. The molecule has 118 valence electrons. The van der Waals surface area contributed by atoms with E-state index in [1.54, 1.807) is 0 Å². The monoisotopic (exact) mass is 320 g/mol. The van der Waals surface area contributed by atoms with Crippen molar-refractivity contribution in [1.29, 1.82) is 0 Å². The second kappa shape index (κ2) is 5.72. The molecule has 9 nitrogen and oxygen atoms in total. The van der Waals surface area contributed by atoms with E-state index >= 15 is 0 Å². The Morgan fingerprint density at radius 3 is 2.76 bits per heavy atom. The molecular formula is C11H16N2O7S. The van der Waals surface area contributed by atoms with Gasteiger partial charge in [-0.3, -0.25) is 18.5 Å². The third kappa shape index (κ3) is 3.59. The Morgan fingerprint density at radius 1 is 1.52 bits per heavy atom. The Morgan fingerprint density at radius 2 is 2.19 bits per heavy atom. The molecule has 0 bridgehead atoms. The molecule has 3 atom stereocenters. The van der Waals surface area contributed by atoms with Gasteiger partial charge in [0, 0.05) is 18.2 Å². The zero-order chi connectivity index (χ0) is 15.8. The summed E-state index contributed by atoms with van der Waals surface area (Å²) in [6, 6.07) is 0. The summed E-state index contributed by atoms with van der Waals surface area (Å²) in [5.74, 6) is 0. The van der Waals surface area contributed by atoms with Crippen LogP contribution in [0.4, 0.5) is 0 Å². The fraction of sp³-hybridized carbons (Fsp3) is 0.636. The van der Waals surface area contributed by atoms with Crippen LogP contribution >= 0.6 is 0 Å². The summed E-state index contributed by atoms with van der Waals surface area (Å²) in [5, 5.41) is 9.22. The van der Waals surface area contributed by atoms with Crippen LogP contribution in [0.3, 0.4) is 0 Å². The largest absolute Gasteiger partial charge is 0.394 e. The summed E-state index contributed by atoms with van der Waals surface area (Å²) in [6.07, 6.45) is -0.312. The van der Waals surface area contributed by atoms with E-state index in [1.165, 1.54) is 13.1 Å². The van der Waals surface area contributed by atoms with E-state index in [1.807, 2.05) is 0 Å². The second-order valence-electron chi connectivity index (χ2n) is 4.86. The first-order valence-electron chi connectivity index (χ1n) is 6.18. The van der Waals surface area contributed by atoms with Crippen molar-refractivity contribution in [2.75, 3.05) is 12.9 Å². The van der Waals surface area contributed by atoms with Crippen molar-refractivity contribution in [2.45, 2.75) is 31.8 Å². The van der Waals surface area contributed by atoms with Crippen LogP contribution in [0.1, 0.15) is 18.2 Å². The lowest BCUT2D eigenvalue weighted by atomic mass is 10.2. The molecule has 21 heavy (non-hydrogen) atoms. The third-order valence-corrected chi connectivity index (χ3v) is 3.71. The summed E-state index contributed by atoms with van der Waals surface area (Å²) < 4.78 is 33.8. The Kier molecular flexibility index (Phi) is 4.33. The number of aliphatic hydroxyl groups excluding tert-OH is 1. The molecule has 1 aromatic rings. The molecule has 0 unspecified atom stereocenters. The number of nitrogens with zero attached hydrogens (tertiary/aromatic N) is 1. The molecule has 1 aliphatic rings. The lowest BCUT2D eigenvalue weighted by molar-refractivity contribution is -0.0413. The zero-order valence-electron chi connectivity index (χ0n) is 11.5. The van der Waals surface area contributed by atoms with E-state index in [9.17, 15) is 23.1 Å². The number of nitrogens with one attached hydrogen (secondary N) is 1. The van der Waals surface area contributed by atoms with Crippen molar-refractivity contribution in [3.63, 3.8) is 0 Å². The molecule has 2 N–H and O–H groups in total. The number of hydrogen-bond acceptors (Lipinski definition) is 7. The van der Waals surface area contributed by atoms with E-state index < -0.39 is 46.4 Å². The Hall–Kier alpha value is -1.49. The van der Waals surface area contributed by atoms with E-state index in [2.05, 4.69) is 4.98 Å². The first-order valence-corrected chi connectivity index (χ1v) is 7.99. The van der Waals surface area contributed by atoms with Crippen LogP contribution in [-0.2, 0) is 19.0 Å². The van der Waals surface area contributed by atoms with Crippen molar-refractivity contribution in [2.24, 2.45) is 0 Å². The molecule has 1 fully saturated rings. The van der Waals surface area contributed by atoms with Gasteiger partial charge in [0.25, 0.3) is 15.7 Å². The van der Waals surface area contributed by atoms with Crippen LogP contribution in [-0.4, -0.2) is 48.1 Å². The number of H-pyrrole nitrogens is 1. The molecule has 1 aliphatic heterocycles. The minimum atomic E-state index is -3.72. The van der Waals surface area contributed by atoms with Gasteiger partial charge in [0.1, 0.15) is 18.4 Å². The van der Waals surface area contributed by atoms with Gasteiger partial charge in [0.2, 0.25) is 0 Å². The lowest BCUT2D eigenvalue weighted by Crippen LogP contribution is -2.33. The van der Waals surface area contributed by atoms with E-state index in [4.69, 9.17) is 8.92 Å². The van der Waals surface area contributed by atoms with Gasteiger partial charge >= 0.3 is 5.69 Å². The number of aliphatic hydroxyl groups is 1. The molecule has 1 saturated heterocycles. The van der Waals surface area contributed by atoms with Crippen LogP contribution in [0.25, 0.3) is 0 Å². The standard InChI is InChI=1S/C11H16N2O7S/c1-6-4-13(11(16)12-10(6)15)9-3-7(8(5-14)19-9)20-21(2,17)18/h4,7-9,14H,3,5H2,1-2H3,(H,12,15,16)/t7-,8-,9-/m1/s1. The molecular weight excluding hydrogens is 304 g/mol. The maximum Gasteiger partial charge on any atom is 0.330 e. The normalized spacial score (nSPS) is 26.1. The summed E-state index contributed by atoms with van der Waals surface area (Å²) in [5.41, 5.74) is -0.865.